The van der Waals surface area contributed by atoms with Crippen LogP contribution in [0, 0.1) is 5.82 Å². The van der Waals surface area contributed by atoms with Crippen molar-refractivity contribution in [2.75, 3.05) is 5.32 Å². The second-order valence-corrected chi connectivity index (χ2v) is 9.61. The van der Waals surface area contributed by atoms with Gasteiger partial charge in [-0.05, 0) is 32.0 Å². The predicted molar refractivity (Wildman–Crippen MR) is 135 cm³/mol. The summed E-state index contributed by atoms with van der Waals surface area (Å²) in [6.07, 6.45) is 3.03. The largest absolute Gasteiger partial charge is 0.310 e. The van der Waals surface area contributed by atoms with E-state index in [1.807, 2.05) is 0 Å². The van der Waals surface area contributed by atoms with Gasteiger partial charge in [-0.3, -0.25) is 14.3 Å². The Kier molecular flexibility index (Phi) is 5.33. The first-order chi connectivity index (χ1) is 18.2. The SMILES string of the molecule is Cn1cnc(CC(=O)c2nc(-c3nn(Cc4ccccc4F)c4ncccc34)nc3c2C(C)(C)C(=O)N3)n1. The number of Topliss-reactive ketones (excluding diaryl/α,β-unsaturated/α-hetero) is 1. The summed E-state index contributed by atoms with van der Waals surface area (Å²) in [4.78, 5) is 44.2. The number of amides is 1. The lowest BCUT2D eigenvalue weighted by Crippen LogP contribution is -2.29. The van der Waals surface area contributed by atoms with Gasteiger partial charge in [0, 0.05) is 24.4 Å². The molecule has 4 aromatic heterocycles. The van der Waals surface area contributed by atoms with Crippen LogP contribution in [0.25, 0.3) is 22.6 Å². The van der Waals surface area contributed by atoms with Gasteiger partial charge in [0.1, 0.15) is 29.4 Å². The number of halogens is 1. The Labute approximate surface area is 215 Å². The number of ketones is 1. The lowest BCUT2D eigenvalue weighted by Gasteiger charge is -2.17. The first-order valence-corrected chi connectivity index (χ1v) is 11.9. The Hall–Kier alpha value is -4.87. The number of benzene rings is 1. The van der Waals surface area contributed by atoms with Crippen molar-refractivity contribution in [3.8, 4) is 11.5 Å². The number of hydrogen-bond acceptors (Lipinski definition) is 8. The van der Waals surface area contributed by atoms with Gasteiger partial charge in [-0.15, -0.1) is 0 Å². The van der Waals surface area contributed by atoms with E-state index in [9.17, 15) is 14.0 Å². The molecule has 0 bridgehead atoms. The van der Waals surface area contributed by atoms with Crippen LogP contribution in [0.1, 0.15) is 41.3 Å². The number of rotatable bonds is 6. The number of carbonyl (C=O) groups is 2. The van der Waals surface area contributed by atoms with Crippen LogP contribution in [0.15, 0.2) is 48.9 Å². The van der Waals surface area contributed by atoms with Crippen molar-refractivity contribution in [2.45, 2.75) is 32.2 Å². The molecule has 0 unspecified atom stereocenters. The van der Waals surface area contributed by atoms with E-state index in [-0.39, 0.29) is 47.8 Å². The molecule has 1 aliphatic rings. The number of nitrogens with one attached hydrogen (secondary N) is 1. The van der Waals surface area contributed by atoms with E-state index in [1.54, 1.807) is 62.1 Å². The molecule has 12 heteroatoms. The van der Waals surface area contributed by atoms with Crippen LogP contribution in [0.2, 0.25) is 0 Å². The molecular formula is C26H22FN9O2. The van der Waals surface area contributed by atoms with E-state index < -0.39 is 5.41 Å². The number of fused-ring (bicyclic) bond motifs is 2. The van der Waals surface area contributed by atoms with E-state index in [4.69, 9.17) is 0 Å². The molecule has 0 spiro atoms. The van der Waals surface area contributed by atoms with Crippen molar-refractivity contribution < 1.29 is 14.0 Å². The summed E-state index contributed by atoms with van der Waals surface area (Å²) in [7, 11) is 1.71. The fraction of sp³-hybridized carbons (Fsp3) is 0.231. The van der Waals surface area contributed by atoms with Crippen molar-refractivity contribution >= 4 is 28.5 Å². The van der Waals surface area contributed by atoms with Crippen LogP contribution in [0.5, 0.6) is 0 Å². The average molecular weight is 512 g/mol. The predicted octanol–water partition coefficient (Wildman–Crippen LogP) is 2.86. The van der Waals surface area contributed by atoms with Gasteiger partial charge >= 0.3 is 0 Å². The molecular weight excluding hydrogens is 489 g/mol. The average Bonchev–Trinajstić information content (AvgIpc) is 3.54. The summed E-state index contributed by atoms with van der Waals surface area (Å²) in [5, 5.41) is 12.3. The monoisotopic (exact) mass is 511 g/mol. The first-order valence-electron chi connectivity index (χ1n) is 11.9. The van der Waals surface area contributed by atoms with Gasteiger partial charge in [0.15, 0.2) is 23.1 Å². The van der Waals surface area contributed by atoms with E-state index in [0.29, 0.717) is 33.7 Å². The lowest BCUT2D eigenvalue weighted by molar-refractivity contribution is -0.119. The van der Waals surface area contributed by atoms with Crippen molar-refractivity contribution in [2.24, 2.45) is 7.05 Å². The standard InChI is InChI=1S/C26H22FN9O2/c1-26(2)19-21(17(37)11-18-29-13-35(3)33-18)30-23(31-22(19)32-25(26)38)20-15-8-6-10-28-24(15)36(34-20)12-14-7-4-5-9-16(14)27/h4-10,13H,11-12H2,1-3H3,(H,30,31,32,38). The van der Waals surface area contributed by atoms with Crippen molar-refractivity contribution in [1.29, 1.82) is 0 Å². The quantitative estimate of drug-likeness (QED) is 0.344. The lowest BCUT2D eigenvalue weighted by atomic mass is 9.84. The van der Waals surface area contributed by atoms with E-state index in [0.717, 1.165) is 0 Å². The minimum absolute atomic E-state index is 0.0986. The molecule has 190 valence electrons. The summed E-state index contributed by atoms with van der Waals surface area (Å²) in [6, 6.07) is 9.99. The maximum Gasteiger partial charge on any atom is 0.235 e. The molecule has 1 aliphatic heterocycles. The second kappa shape index (κ2) is 8.61. The normalized spacial score (nSPS) is 14.1. The summed E-state index contributed by atoms with van der Waals surface area (Å²) in [5.41, 5.74) is 0.795. The molecule has 1 amide bonds. The molecule has 1 aromatic carbocycles. The van der Waals surface area contributed by atoms with Gasteiger partial charge in [-0.25, -0.2) is 29.0 Å². The highest BCUT2D eigenvalue weighted by Crippen LogP contribution is 2.40. The van der Waals surface area contributed by atoms with Gasteiger partial charge in [0.25, 0.3) is 0 Å². The molecule has 0 fully saturated rings. The number of carbonyl (C=O) groups excluding carboxylic acids is 2. The van der Waals surface area contributed by atoms with Gasteiger partial charge in [0.2, 0.25) is 5.91 Å². The minimum atomic E-state index is -1.02. The highest BCUT2D eigenvalue weighted by molar-refractivity contribution is 6.10. The molecule has 11 nitrogen and oxygen atoms in total. The molecule has 1 N–H and O–H groups in total. The fourth-order valence-corrected chi connectivity index (χ4v) is 4.59. The molecule has 0 atom stereocenters. The molecule has 0 aliphatic carbocycles. The highest BCUT2D eigenvalue weighted by atomic mass is 19.1. The molecule has 5 aromatic rings. The van der Waals surface area contributed by atoms with Crippen molar-refractivity contribution in [1.82, 2.24) is 39.5 Å². The molecule has 0 saturated carbocycles. The number of aromatic nitrogens is 8. The van der Waals surface area contributed by atoms with Crippen LogP contribution in [-0.2, 0) is 30.2 Å². The zero-order valence-electron chi connectivity index (χ0n) is 20.8. The zero-order valence-corrected chi connectivity index (χ0v) is 20.8. The minimum Gasteiger partial charge on any atom is -0.310 e. The Balaban J connectivity index is 1.50. The van der Waals surface area contributed by atoms with Gasteiger partial charge in [-0.2, -0.15) is 10.2 Å². The van der Waals surface area contributed by atoms with Crippen LogP contribution in [0.3, 0.4) is 0 Å². The van der Waals surface area contributed by atoms with Crippen LogP contribution >= 0.6 is 0 Å². The number of hydrogen-bond donors (Lipinski definition) is 1. The fourth-order valence-electron chi connectivity index (χ4n) is 4.59. The Morgan fingerprint density at radius 2 is 1.89 bits per heavy atom. The van der Waals surface area contributed by atoms with E-state index in [1.165, 1.54) is 17.1 Å². The molecule has 0 radical (unpaired) electrons. The molecule has 0 saturated heterocycles. The van der Waals surface area contributed by atoms with Gasteiger partial charge in [0.05, 0.1) is 23.8 Å². The maximum absolute atomic E-state index is 14.4. The highest BCUT2D eigenvalue weighted by Gasteiger charge is 2.44. The Morgan fingerprint density at radius 3 is 2.66 bits per heavy atom. The van der Waals surface area contributed by atoms with Crippen molar-refractivity contribution in [3.05, 3.63) is 77.4 Å². The Morgan fingerprint density at radius 1 is 1.08 bits per heavy atom. The van der Waals surface area contributed by atoms with Crippen LogP contribution in [-0.4, -0.2) is 51.2 Å². The summed E-state index contributed by atoms with van der Waals surface area (Å²) in [6.45, 7) is 3.57. The van der Waals surface area contributed by atoms with E-state index in [2.05, 4.69) is 35.5 Å². The smallest absolute Gasteiger partial charge is 0.235 e. The maximum atomic E-state index is 14.4. The van der Waals surface area contributed by atoms with Crippen LogP contribution < -0.4 is 5.32 Å². The van der Waals surface area contributed by atoms with Crippen molar-refractivity contribution in [3.63, 3.8) is 0 Å². The summed E-state index contributed by atoms with van der Waals surface area (Å²) >= 11 is 0. The third-order valence-corrected chi connectivity index (χ3v) is 6.56. The topological polar surface area (TPSA) is 133 Å². The first kappa shape index (κ1) is 23.5. The van der Waals surface area contributed by atoms with E-state index >= 15 is 0 Å². The number of pyridine rings is 1. The molecule has 6 rings (SSSR count). The third kappa shape index (κ3) is 3.81. The number of anilines is 1. The number of aryl methyl sites for hydroxylation is 1. The second-order valence-electron chi connectivity index (χ2n) is 9.61. The molecule has 5 heterocycles. The number of nitrogens with zero attached hydrogens (tertiary/aromatic N) is 8. The molecule has 38 heavy (non-hydrogen) atoms. The summed E-state index contributed by atoms with van der Waals surface area (Å²) in [5.74, 6) is -0.268. The van der Waals surface area contributed by atoms with Gasteiger partial charge < -0.3 is 5.32 Å². The van der Waals surface area contributed by atoms with Gasteiger partial charge in [-0.1, -0.05) is 18.2 Å². The summed E-state index contributed by atoms with van der Waals surface area (Å²) < 4.78 is 17.5. The third-order valence-electron chi connectivity index (χ3n) is 6.56. The van der Waals surface area contributed by atoms with Crippen LogP contribution in [0.4, 0.5) is 10.2 Å². The zero-order chi connectivity index (χ0) is 26.6. The Bertz CT molecular complexity index is 1760.